The van der Waals surface area contributed by atoms with Crippen molar-refractivity contribution >= 4 is 11.9 Å². The van der Waals surface area contributed by atoms with Crippen molar-refractivity contribution in [2.75, 3.05) is 26.2 Å². The van der Waals surface area contributed by atoms with Gasteiger partial charge in [0.05, 0.1) is 5.56 Å². The number of hydrogen-bond donors (Lipinski definition) is 3. The van der Waals surface area contributed by atoms with Crippen LogP contribution in [-0.2, 0) is 17.8 Å². The molecule has 2 saturated heterocycles. The van der Waals surface area contributed by atoms with Crippen LogP contribution in [0.4, 0.5) is 13.2 Å². The number of hydrogen-bond acceptors (Lipinski definition) is 7. The molecule has 0 atom stereocenters. The van der Waals surface area contributed by atoms with E-state index in [9.17, 15) is 28.2 Å². The third kappa shape index (κ3) is 6.96. The van der Waals surface area contributed by atoms with E-state index >= 15 is 0 Å². The number of piperidine rings is 2. The summed E-state index contributed by atoms with van der Waals surface area (Å²) in [6.45, 7) is 8.77. The van der Waals surface area contributed by atoms with Gasteiger partial charge in [-0.05, 0) is 63.6 Å². The molecule has 3 N–H and O–H groups in total. The molecule has 0 saturated carbocycles. The van der Waals surface area contributed by atoms with Crippen LogP contribution in [0.5, 0.6) is 17.5 Å². The van der Waals surface area contributed by atoms with Crippen LogP contribution >= 0.6 is 0 Å². The van der Waals surface area contributed by atoms with E-state index < -0.39 is 12.1 Å². The zero-order valence-corrected chi connectivity index (χ0v) is 22.5. The number of aliphatic carboxylic acids is 1. The summed E-state index contributed by atoms with van der Waals surface area (Å²) >= 11 is 0. The van der Waals surface area contributed by atoms with Crippen molar-refractivity contribution in [1.29, 1.82) is 0 Å². The maximum atomic E-state index is 12.8. The molecule has 3 aliphatic rings. The summed E-state index contributed by atoms with van der Waals surface area (Å²) < 4.78 is 38.0. The first-order valence-electron chi connectivity index (χ1n) is 13.2. The monoisotopic (exact) mass is 565 g/mol. The fraction of sp³-hybridized carbons (Fsp3) is 0.536. The Labute approximate surface area is 230 Å². The Kier molecular flexibility index (Phi) is 8.21. The Balaban J connectivity index is 0.000000470. The number of halogens is 3. The second-order valence-electron chi connectivity index (χ2n) is 11.4. The molecule has 12 heteroatoms. The third-order valence-corrected chi connectivity index (χ3v) is 7.88. The van der Waals surface area contributed by atoms with Crippen molar-refractivity contribution in [1.82, 2.24) is 14.8 Å². The van der Waals surface area contributed by atoms with Gasteiger partial charge < -0.3 is 25.0 Å². The van der Waals surface area contributed by atoms with Gasteiger partial charge in [0, 0.05) is 43.8 Å². The Morgan fingerprint density at radius 1 is 1.00 bits per heavy atom. The summed E-state index contributed by atoms with van der Waals surface area (Å²) in [5.41, 5.74) is 3.07. The number of rotatable bonds is 3. The molecule has 218 valence electrons. The molecule has 0 bridgehead atoms. The molecular weight excluding hydrogens is 531 g/mol. The van der Waals surface area contributed by atoms with Gasteiger partial charge in [-0.25, -0.2) is 4.79 Å². The van der Waals surface area contributed by atoms with Crippen molar-refractivity contribution in [3.63, 3.8) is 0 Å². The number of carbonyl (C=O) groups is 2. The molecule has 3 aliphatic heterocycles. The average molecular weight is 566 g/mol. The Morgan fingerprint density at radius 3 is 2.10 bits per heavy atom. The predicted octanol–water partition coefficient (Wildman–Crippen LogP) is 4.36. The van der Waals surface area contributed by atoms with Gasteiger partial charge in [-0.2, -0.15) is 18.2 Å². The molecule has 9 nitrogen and oxygen atoms in total. The molecule has 1 spiro atoms. The van der Waals surface area contributed by atoms with Gasteiger partial charge >= 0.3 is 12.1 Å². The molecule has 2 fully saturated rings. The van der Waals surface area contributed by atoms with E-state index in [-0.39, 0.29) is 28.8 Å². The van der Waals surface area contributed by atoms with Crippen LogP contribution in [0.3, 0.4) is 0 Å². The molecule has 2 aromatic rings. The smallest absolute Gasteiger partial charge is 0.490 e. The van der Waals surface area contributed by atoms with Gasteiger partial charge in [0.1, 0.15) is 11.4 Å². The lowest BCUT2D eigenvalue weighted by atomic mass is 9.71. The van der Waals surface area contributed by atoms with Crippen molar-refractivity contribution in [2.45, 2.75) is 64.3 Å². The molecule has 5 rings (SSSR count). The van der Waals surface area contributed by atoms with Crippen LogP contribution in [0.2, 0.25) is 0 Å². The number of fused-ring (bicyclic) bond motifs is 1. The minimum absolute atomic E-state index is 0.121. The minimum Gasteiger partial charge on any atom is -0.493 e. The Morgan fingerprint density at radius 2 is 1.55 bits per heavy atom. The average Bonchev–Trinajstić information content (AvgIpc) is 3.20. The van der Waals surface area contributed by atoms with Gasteiger partial charge in [-0.15, -0.1) is 0 Å². The number of alkyl halides is 3. The lowest BCUT2D eigenvalue weighted by molar-refractivity contribution is -0.192. The highest BCUT2D eigenvalue weighted by Gasteiger charge is 2.40. The second-order valence-corrected chi connectivity index (χ2v) is 11.4. The number of carboxylic acids is 1. The van der Waals surface area contributed by atoms with Crippen LogP contribution in [-0.4, -0.2) is 79.9 Å². The van der Waals surface area contributed by atoms with Gasteiger partial charge in [0.25, 0.3) is 5.91 Å². The van der Waals surface area contributed by atoms with E-state index in [0.29, 0.717) is 18.5 Å². The van der Waals surface area contributed by atoms with E-state index in [0.717, 1.165) is 57.5 Å². The molecule has 1 amide bonds. The maximum absolute atomic E-state index is 12.8. The number of para-hydroxylation sites is 1. The lowest BCUT2D eigenvalue weighted by Crippen LogP contribution is -2.48. The molecule has 0 radical (unpaired) electrons. The number of aromatic nitrogens is 1. The number of benzene rings is 1. The van der Waals surface area contributed by atoms with Crippen LogP contribution in [0, 0.1) is 5.41 Å². The number of carbonyl (C=O) groups excluding carboxylic acids is 1. The summed E-state index contributed by atoms with van der Waals surface area (Å²) in [6, 6.07) is 9.16. The van der Waals surface area contributed by atoms with Gasteiger partial charge in [-0.1, -0.05) is 18.2 Å². The fourth-order valence-corrected chi connectivity index (χ4v) is 5.72. The first-order chi connectivity index (χ1) is 18.7. The summed E-state index contributed by atoms with van der Waals surface area (Å²) in [7, 11) is 0. The highest BCUT2D eigenvalue weighted by Crippen LogP contribution is 2.43. The van der Waals surface area contributed by atoms with Gasteiger partial charge in [-0.3, -0.25) is 9.69 Å². The zero-order valence-electron chi connectivity index (χ0n) is 22.5. The lowest BCUT2D eigenvalue weighted by Gasteiger charge is -2.47. The van der Waals surface area contributed by atoms with Crippen LogP contribution in [0.25, 0.3) is 0 Å². The first-order valence-corrected chi connectivity index (χ1v) is 13.2. The number of likely N-dealkylation sites (tertiary alicyclic amines) is 2. The molecule has 1 aromatic carbocycles. The fourth-order valence-electron chi connectivity index (χ4n) is 5.72. The summed E-state index contributed by atoms with van der Waals surface area (Å²) in [5, 5.41) is 26.3. The van der Waals surface area contributed by atoms with Gasteiger partial charge in [0.2, 0.25) is 11.8 Å². The summed E-state index contributed by atoms with van der Waals surface area (Å²) in [5.74, 6) is -2.50. The summed E-state index contributed by atoms with van der Waals surface area (Å²) in [6.07, 6.45) is 0.162. The predicted molar refractivity (Wildman–Crippen MR) is 138 cm³/mol. The maximum Gasteiger partial charge on any atom is 0.490 e. The van der Waals surface area contributed by atoms with E-state index in [1.807, 2.05) is 4.90 Å². The Hall–Kier alpha value is -3.54. The first kappa shape index (κ1) is 29.4. The quantitative estimate of drug-likeness (QED) is 0.502. The highest BCUT2D eigenvalue weighted by molar-refractivity contribution is 5.94. The highest BCUT2D eigenvalue weighted by atomic mass is 19.4. The topological polar surface area (TPSA) is 123 Å². The number of aromatic hydroxyl groups is 2. The number of ether oxygens (including phenoxy) is 1. The van der Waals surface area contributed by atoms with Crippen LogP contribution in [0.1, 0.15) is 61.0 Å². The molecule has 1 aromatic heterocycles. The normalized spacial score (nSPS) is 19.8. The molecular formula is C28H34F3N3O6. The van der Waals surface area contributed by atoms with E-state index in [4.69, 9.17) is 14.6 Å². The second kappa shape index (κ2) is 11.1. The largest absolute Gasteiger partial charge is 0.493 e. The van der Waals surface area contributed by atoms with Crippen molar-refractivity contribution < 1.29 is 42.8 Å². The standard InChI is InChI=1S/C26H33N3O4.C2HF3O2/c1-25(2)16-18-4-3-5-19(23(18)33-25)17-28-10-6-26(7-11-28)8-12-29(13-9-26)24(32)20-14-21(30)27-22(31)15-20;3-2(4,5)1(6)7/h3-5,14-15H,6-13,16-17H2,1-2H3,(H2,27,30,31);(H,6,7). The minimum atomic E-state index is -5.08. The molecule has 0 aliphatic carbocycles. The van der Waals surface area contributed by atoms with Crippen molar-refractivity contribution in [2.24, 2.45) is 5.41 Å². The van der Waals surface area contributed by atoms with E-state index in [1.54, 1.807) is 0 Å². The number of nitrogens with zero attached hydrogens (tertiary/aromatic N) is 3. The van der Waals surface area contributed by atoms with Crippen LogP contribution < -0.4 is 4.74 Å². The number of amides is 1. The zero-order chi connectivity index (χ0) is 29.3. The number of carboxylic acid groups (broad SMARTS) is 1. The Bertz CT molecular complexity index is 1230. The van der Waals surface area contributed by atoms with E-state index in [2.05, 4.69) is 41.9 Å². The molecule has 0 unspecified atom stereocenters. The van der Waals surface area contributed by atoms with Crippen molar-refractivity contribution in [3.05, 3.63) is 47.0 Å². The molecule has 4 heterocycles. The van der Waals surface area contributed by atoms with E-state index in [1.165, 1.54) is 23.3 Å². The SMILES string of the molecule is CC1(C)Cc2cccc(CN3CCC4(CC3)CCN(C(=O)c3cc(O)nc(O)c3)CC4)c2O1.O=C(O)C(F)(F)F. The number of pyridine rings is 1. The third-order valence-electron chi connectivity index (χ3n) is 7.88. The van der Waals surface area contributed by atoms with Crippen LogP contribution in [0.15, 0.2) is 30.3 Å². The summed E-state index contributed by atoms with van der Waals surface area (Å²) in [4.78, 5) is 29.6. The van der Waals surface area contributed by atoms with Crippen molar-refractivity contribution in [3.8, 4) is 17.5 Å². The van der Waals surface area contributed by atoms with Gasteiger partial charge in [0.15, 0.2) is 0 Å². The molecule has 40 heavy (non-hydrogen) atoms.